The maximum Gasteiger partial charge on any atom is 0.242 e. The highest BCUT2D eigenvalue weighted by Gasteiger charge is 2.21. The lowest BCUT2D eigenvalue weighted by Gasteiger charge is -2.14. The SMILES string of the molecule is NCC(Cc1cc(F)c(F)cc1F)C(F)F. The molecule has 2 N–H and O–H groups in total. The van der Waals surface area contributed by atoms with E-state index in [0.717, 1.165) is 0 Å². The molecular weight excluding hydrogens is 229 g/mol. The van der Waals surface area contributed by atoms with Gasteiger partial charge < -0.3 is 5.73 Å². The Kier molecular flexibility index (Phi) is 4.23. The fraction of sp³-hybridized carbons (Fsp3) is 0.400. The van der Waals surface area contributed by atoms with Gasteiger partial charge in [-0.05, 0) is 18.1 Å². The van der Waals surface area contributed by atoms with Crippen molar-refractivity contribution < 1.29 is 22.0 Å². The Labute approximate surface area is 89.1 Å². The fourth-order valence-electron chi connectivity index (χ4n) is 1.28. The molecule has 1 unspecified atom stereocenters. The third-order valence-corrected chi connectivity index (χ3v) is 2.23. The molecule has 1 aromatic carbocycles. The van der Waals surface area contributed by atoms with Crippen LogP contribution in [0, 0.1) is 23.4 Å². The highest BCUT2D eigenvalue weighted by molar-refractivity contribution is 5.20. The van der Waals surface area contributed by atoms with Crippen molar-refractivity contribution in [3.63, 3.8) is 0 Å². The molecule has 0 aliphatic rings. The molecule has 0 spiro atoms. The van der Waals surface area contributed by atoms with Gasteiger partial charge in [-0.25, -0.2) is 22.0 Å². The van der Waals surface area contributed by atoms with Crippen molar-refractivity contribution >= 4 is 0 Å². The molecule has 0 aliphatic heterocycles. The summed E-state index contributed by atoms with van der Waals surface area (Å²) < 4.78 is 63.1. The van der Waals surface area contributed by atoms with E-state index in [1.165, 1.54) is 0 Å². The number of halogens is 5. The lowest BCUT2D eigenvalue weighted by molar-refractivity contribution is 0.0809. The molecule has 0 fully saturated rings. The Morgan fingerprint density at radius 2 is 1.56 bits per heavy atom. The molecule has 1 aromatic rings. The van der Waals surface area contributed by atoms with E-state index in [0.29, 0.717) is 12.1 Å². The van der Waals surface area contributed by atoms with Crippen LogP contribution in [-0.2, 0) is 6.42 Å². The molecule has 0 bridgehead atoms. The van der Waals surface area contributed by atoms with E-state index < -0.39 is 36.2 Å². The van der Waals surface area contributed by atoms with Crippen molar-refractivity contribution in [3.8, 4) is 0 Å². The Hall–Kier alpha value is -1.17. The molecule has 1 rings (SSSR count). The van der Waals surface area contributed by atoms with E-state index in [2.05, 4.69) is 0 Å². The van der Waals surface area contributed by atoms with E-state index in [-0.39, 0.29) is 12.1 Å². The van der Waals surface area contributed by atoms with E-state index in [9.17, 15) is 22.0 Å². The Balaban J connectivity index is 2.92. The smallest absolute Gasteiger partial charge is 0.242 e. The second kappa shape index (κ2) is 5.25. The average molecular weight is 239 g/mol. The van der Waals surface area contributed by atoms with Crippen LogP contribution in [0.4, 0.5) is 22.0 Å². The molecule has 0 amide bonds. The highest BCUT2D eigenvalue weighted by Crippen LogP contribution is 2.20. The number of alkyl halides is 2. The van der Waals surface area contributed by atoms with Crippen LogP contribution >= 0.6 is 0 Å². The average Bonchev–Trinajstić information content (AvgIpc) is 2.21. The topological polar surface area (TPSA) is 26.0 Å². The van der Waals surface area contributed by atoms with Crippen molar-refractivity contribution in [2.24, 2.45) is 11.7 Å². The summed E-state index contributed by atoms with van der Waals surface area (Å²) in [6, 6.07) is 0.916. The molecule has 90 valence electrons. The molecule has 6 heteroatoms. The van der Waals surface area contributed by atoms with Gasteiger partial charge >= 0.3 is 0 Å². The molecule has 0 aromatic heterocycles. The molecule has 0 aliphatic carbocycles. The zero-order valence-corrected chi connectivity index (χ0v) is 8.19. The van der Waals surface area contributed by atoms with E-state index >= 15 is 0 Å². The summed E-state index contributed by atoms with van der Waals surface area (Å²) in [5.41, 5.74) is 4.77. The molecule has 16 heavy (non-hydrogen) atoms. The first-order chi connectivity index (χ1) is 7.45. The van der Waals surface area contributed by atoms with Crippen molar-refractivity contribution in [3.05, 3.63) is 35.1 Å². The summed E-state index contributed by atoms with van der Waals surface area (Å²) in [6.45, 7) is -0.351. The second-order valence-corrected chi connectivity index (χ2v) is 3.39. The molecule has 0 radical (unpaired) electrons. The molecule has 1 nitrogen and oxygen atoms in total. The normalized spacial score (nSPS) is 13.2. The quantitative estimate of drug-likeness (QED) is 0.634. The lowest BCUT2D eigenvalue weighted by atomic mass is 9.99. The van der Waals surface area contributed by atoms with Gasteiger partial charge in [-0.15, -0.1) is 0 Å². The number of nitrogens with two attached hydrogens (primary N) is 1. The third kappa shape index (κ3) is 2.91. The van der Waals surface area contributed by atoms with Gasteiger partial charge in [0.25, 0.3) is 0 Å². The largest absolute Gasteiger partial charge is 0.330 e. The number of rotatable bonds is 4. The zero-order chi connectivity index (χ0) is 12.3. The van der Waals surface area contributed by atoms with Gasteiger partial charge in [-0.2, -0.15) is 0 Å². The molecule has 1 atom stereocenters. The number of hydrogen-bond donors (Lipinski definition) is 1. The molecule has 0 saturated carbocycles. The first-order valence-corrected chi connectivity index (χ1v) is 4.57. The van der Waals surface area contributed by atoms with Crippen LogP contribution in [0.5, 0.6) is 0 Å². The predicted octanol–water partition coefficient (Wildman–Crippen LogP) is 2.49. The number of benzene rings is 1. The standard InChI is InChI=1S/C10H10F5N/c11-7-3-9(13)8(12)2-5(7)1-6(4-16)10(14)15/h2-3,6,10H,1,4,16H2. The fourth-order valence-corrected chi connectivity index (χ4v) is 1.28. The molecule has 0 heterocycles. The third-order valence-electron chi connectivity index (χ3n) is 2.23. The summed E-state index contributed by atoms with van der Waals surface area (Å²) in [6.07, 6.45) is -3.14. The second-order valence-electron chi connectivity index (χ2n) is 3.39. The highest BCUT2D eigenvalue weighted by atomic mass is 19.3. The minimum Gasteiger partial charge on any atom is -0.330 e. The van der Waals surface area contributed by atoms with Gasteiger partial charge in [0.2, 0.25) is 6.43 Å². The van der Waals surface area contributed by atoms with Gasteiger partial charge in [0, 0.05) is 18.5 Å². The van der Waals surface area contributed by atoms with Crippen LogP contribution in [-0.4, -0.2) is 13.0 Å². The predicted molar refractivity (Wildman–Crippen MR) is 48.6 cm³/mol. The Bertz CT molecular complexity index is 366. The monoisotopic (exact) mass is 239 g/mol. The summed E-state index contributed by atoms with van der Waals surface area (Å²) in [7, 11) is 0. The molecular formula is C10H10F5N. The van der Waals surface area contributed by atoms with Crippen molar-refractivity contribution in [2.45, 2.75) is 12.8 Å². The summed E-state index contributed by atoms with van der Waals surface area (Å²) in [5, 5.41) is 0. The van der Waals surface area contributed by atoms with Crippen LogP contribution in [0.3, 0.4) is 0 Å². The van der Waals surface area contributed by atoms with Gasteiger partial charge in [-0.3, -0.25) is 0 Å². The van der Waals surface area contributed by atoms with Crippen LogP contribution in [0.1, 0.15) is 5.56 Å². The lowest BCUT2D eigenvalue weighted by Crippen LogP contribution is -2.24. The van der Waals surface area contributed by atoms with Crippen LogP contribution in [0.25, 0.3) is 0 Å². The molecule has 0 saturated heterocycles. The first kappa shape index (κ1) is 12.9. The minimum absolute atomic E-state index is 0.297. The van der Waals surface area contributed by atoms with Gasteiger partial charge in [0.1, 0.15) is 5.82 Å². The van der Waals surface area contributed by atoms with Crippen molar-refractivity contribution in [1.82, 2.24) is 0 Å². The van der Waals surface area contributed by atoms with Crippen LogP contribution < -0.4 is 5.73 Å². The van der Waals surface area contributed by atoms with Gasteiger partial charge in [-0.1, -0.05) is 0 Å². The minimum atomic E-state index is -2.72. The van der Waals surface area contributed by atoms with E-state index in [4.69, 9.17) is 5.73 Å². The first-order valence-electron chi connectivity index (χ1n) is 4.57. The van der Waals surface area contributed by atoms with Crippen molar-refractivity contribution in [2.75, 3.05) is 6.54 Å². The van der Waals surface area contributed by atoms with Crippen LogP contribution in [0.15, 0.2) is 12.1 Å². The Morgan fingerprint density at radius 1 is 1.00 bits per heavy atom. The number of hydrogen-bond acceptors (Lipinski definition) is 1. The van der Waals surface area contributed by atoms with Crippen LogP contribution in [0.2, 0.25) is 0 Å². The maximum atomic E-state index is 13.1. The zero-order valence-electron chi connectivity index (χ0n) is 8.19. The van der Waals surface area contributed by atoms with Gasteiger partial charge in [0.05, 0.1) is 0 Å². The van der Waals surface area contributed by atoms with Crippen molar-refractivity contribution in [1.29, 1.82) is 0 Å². The van der Waals surface area contributed by atoms with E-state index in [1.54, 1.807) is 0 Å². The summed E-state index contributed by atoms with van der Waals surface area (Å²) in [4.78, 5) is 0. The maximum absolute atomic E-state index is 13.1. The van der Waals surface area contributed by atoms with Gasteiger partial charge in [0.15, 0.2) is 11.6 Å². The summed E-state index contributed by atoms with van der Waals surface area (Å²) in [5.74, 6) is -4.92. The Morgan fingerprint density at radius 3 is 2.06 bits per heavy atom. The summed E-state index contributed by atoms with van der Waals surface area (Å²) >= 11 is 0. The van der Waals surface area contributed by atoms with E-state index in [1.807, 2.05) is 0 Å².